The van der Waals surface area contributed by atoms with Crippen molar-refractivity contribution in [1.82, 2.24) is 10.2 Å². The summed E-state index contributed by atoms with van der Waals surface area (Å²) in [6.07, 6.45) is 4.93. The molecule has 4 nitrogen and oxygen atoms in total. The molecule has 16 heavy (non-hydrogen) atoms. The van der Waals surface area contributed by atoms with Crippen LogP contribution in [-0.2, 0) is 9.59 Å². The maximum atomic E-state index is 11.5. The van der Waals surface area contributed by atoms with E-state index in [-0.39, 0.29) is 5.91 Å². The molecular formula is C12H22N2O2. The molecule has 1 heterocycles. The first kappa shape index (κ1) is 13.2. The van der Waals surface area contributed by atoms with E-state index in [1.165, 1.54) is 0 Å². The van der Waals surface area contributed by atoms with Crippen molar-refractivity contribution in [1.29, 1.82) is 0 Å². The van der Waals surface area contributed by atoms with Crippen LogP contribution in [0.5, 0.6) is 0 Å². The molecule has 1 aliphatic heterocycles. The van der Waals surface area contributed by atoms with Gasteiger partial charge in [-0.3, -0.25) is 14.5 Å². The molecule has 0 aromatic heterocycles. The lowest BCUT2D eigenvalue weighted by Gasteiger charge is -2.14. The van der Waals surface area contributed by atoms with E-state index in [1.807, 2.05) is 7.05 Å². The minimum absolute atomic E-state index is 0.147. The van der Waals surface area contributed by atoms with Crippen LogP contribution in [0.2, 0.25) is 0 Å². The Morgan fingerprint density at radius 1 is 1.06 bits per heavy atom. The number of likely N-dealkylation sites (N-methyl/N-ethyl adjacent to an activating group) is 1. The SMILES string of the molecule is CN1CCCCC(=O)NCCCCC(=O)C1. The van der Waals surface area contributed by atoms with Crippen molar-refractivity contribution in [3.63, 3.8) is 0 Å². The maximum Gasteiger partial charge on any atom is 0.219 e. The summed E-state index contributed by atoms with van der Waals surface area (Å²) >= 11 is 0. The molecule has 0 spiro atoms. The highest BCUT2D eigenvalue weighted by atomic mass is 16.1. The minimum Gasteiger partial charge on any atom is -0.356 e. The van der Waals surface area contributed by atoms with Crippen molar-refractivity contribution in [2.24, 2.45) is 0 Å². The molecule has 92 valence electrons. The Balaban J connectivity index is 2.36. The molecule has 0 bridgehead atoms. The second kappa shape index (κ2) is 7.39. The minimum atomic E-state index is 0.147. The highest BCUT2D eigenvalue weighted by molar-refractivity contribution is 5.80. The lowest BCUT2D eigenvalue weighted by atomic mass is 10.1. The Hall–Kier alpha value is -0.900. The van der Waals surface area contributed by atoms with E-state index in [0.717, 1.165) is 32.2 Å². The van der Waals surface area contributed by atoms with Crippen LogP contribution >= 0.6 is 0 Å². The van der Waals surface area contributed by atoms with Crippen LogP contribution in [0.4, 0.5) is 0 Å². The molecule has 0 aromatic carbocycles. The Labute approximate surface area is 97.4 Å². The van der Waals surface area contributed by atoms with Crippen LogP contribution in [0.15, 0.2) is 0 Å². The van der Waals surface area contributed by atoms with Gasteiger partial charge in [-0.15, -0.1) is 0 Å². The summed E-state index contributed by atoms with van der Waals surface area (Å²) in [6, 6.07) is 0. The predicted octanol–water partition coefficient (Wildman–Crippen LogP) is 0.958. The molecule has 0 saturated carbocycles. The van der Waals surface area contributed by atoms with Gasteiger partial charge in [0.1, 0.15) is 5.78 Å². The van der Waals surface area contributed by atoms with Gasteiger partial charge in [-0.25, -0.2) is 0 Å². The van der Waals surface area contributed by atoms with Gasteiger partial charge in [-0.1, -0.05) is 0 Å². The number of amides is 1. The van der Waals surface area contributed by atoms with E-state index in [2.05, 4.69) is 10.2 Å². The standard InChI is InChI=1S/C12H22N2O2/c1-14-9-5-3-7-12(16)13-8-4-2-6-11(15)10-14/h2-10H2,1H3,(H,13,16). The highest BCUT2D eigenvalue weighted by Crippen LogP contribution is 2.02. The van der Waals surface area contributed by atoms with Crippen LogP contribution < -0.4 is 5.32 Å². The van der Waals surface area contributed by atoms with Gasteiger partial charge >= 0.3 is 0 Å². The summed E-state index contributed by atoms with van der Waals surface area (Å²) in [6.45, 7) is 2.17. The first-order valence-corrected chi connectivity index (χ1v) is 6.15. The first-order chi connectivity index (χ1) is 7.68. The van der Waals surface area contributed by atoms with Crippen molar-refractivity contribution >= 4 is 11.7 Å². The smallest absolute Gasteiger partial charge is 0.219 e. The molecule has 1 N–H and O–H groups in total. The average Bonchev–Trinajstić information content (AvgIpc) is 2.24. The molecule has 0 aromatic rings. The van der Waals surface area contributed by atoms with E-state index in [4.69, 9.17) is 0 Å². The number of carbonyl (C=O) groups is 2. The number of rotatable bonds is 0. The van der Waals surface area contributed by atoms with E-state index in [9.17, 15) is 9.59 Å². The van der Waals surface area contributed by atoms with Gasteiger partial charge in [0.2, 0.25) is 5.91 Å². The van der Waals surface area contributed by atoms with Crippen LogP contribution in [0.3, 0.4) is 0 Å². The molecule has 1 rings (SSSR count). The van der Waals surface area contributed by atoms with Crippen molar-refractivity contribution in [3.8, 4) is 0 Å². The van der Waals surface area contributed by atoms with Crippen LogP contribution in [0.25, 0.3) is 0 Å². The topological polar surface area (TPSA) is 49.4 Å². The van der Waals surface area contributed by atoms with E-state index >= 15 is 0 Å². The maximum absolute atomic E-state index is 11.5. The third-order valence-corrected chi connectivity index (χ3v) is 2.84. The Morgan fingerprint density at radius 2 is 1.81 bits per heavy atom. The number of nitrogens with zero attached hydrogens (tertiary/aromatic N) is 1. The summed E-state index contributed by atoms with van der Waals surface area (Å²) in [7, 11) is 1.97. The summed E-state index contributed by atoms with van der Waals surface area (Å²) in [5.41, 5.74) is 0. The molecule has 1 saturated heterocycles. The Kier molecular flexibility index (Phi) is 6.08. The number of Topliss-reactive ketones (excluding diaryl/α,β-unsaturated/α-hetero) is 1. The van der Waals surface area contributed by atoms with Gasteiger partial charge in [0, 0.05) is 19.4 Å². The van der Waals surface area contributed by atoms with Gasteiger partial charge in [0.05, 0.1) is 6.54 Å². The predicted molar refractivity (Wildman–Crippen MR) is 63.2 cm³/mol. The number of hydrogen-bond acceptors (Lipinski definition) is 3. The molecule has 0 radical (unpaired) electrons. The quantitative estimate of drug-likeness (QED) is 0.669. The number of hydrogen-bond donors (Lipinski definition) is 1. The van der Waals surface area contributed by atoms with Gasteiger partial charge in [0.15, 0.2) is 0 Å². The Bertz CT molecular complexity index is 241. The summed E-state index contributed by atoms with van der Waals surface area (Å²) in [5, 5.41) is 2.88. The van der Waals surface area contributed by atoms with E-state index in [1.54, 1.807) is 0 Å². The van der Waals surface area contributed by atoms with Crippen LogP contribution in [-0.4, -0.2) is 43.3 Å². The number of carbonyl (C=O) groups excluding carboxylic acids is 2. The van der Waals surface area contributed by atoms with Crippen molar-refractivity contribution < 1.29 is 9.59 Å². The Morgan fingerprint density at radius 3 is 2.62 bits per heavy atom. The highest BCUT2D eigenvalue weighted by Gasteiger charge is 2.08. The molecule has 0 aliphatic carbocycles. The second-order valence-electron chi connectivity index (χ2n) is 4.54. The molecule has 1 aliphatic rings. The third kappa shape index (κ3) is 5.85. The first-order valence-electron chi connectivity index (χ1n) is 6.15. The summed E-state index contributed by atoms with van der Waals surface area (Å²) in [5.74, 6) is 0.460. The lowest BCUT2D eigenvalue weighted by Crippen LogP contribution is -2.26. The summed E-state index contributed by atoms with van der Waals surface area (Å²) in [4.78, 5) is 24.9. The zero-order valence-corrected chi connectivity index (χ0v) is 10.1. The van der Waals surface area contributed by atoms with Crippen molar-refractivity contribution in [3.05, 3.63) is 0 Å². The zero-order chi connectivity index (χ0) is 11.8. The molecule has 0 atom stereocenters. The number of ketones is 1. The fourth-order valence-electron chi connectivity index (χ4n) is 1.89. The molecular weight excluding hydrogens is 204 g/mol. The van der Waals surface area contributed by atoms with Crippen LogP contribution in [0.1, 0.15) is 38.5 Å². The van der Waals surface area contributed by atoms with Crippen molar-refractivity contribution in [2.45, 2.75) is 38.5 Å². The second-order valence-corrected chi connectivity index (χ2v) is 4.54. The lowest BCUT2D eigenvalue weighted by molar-refractivity contribution is -0.121. The normalized spacial score (nSPS) is 22.8. The third-order valence-electron chi connectivity index (χ3n) is 2.84. The fourth-order valence-corrected chi connectivity index (χ4v) is 1.89. The summed E-state index contributed by atoms with van der Waals surface area (Å²) < 4.78 is 0. The van der Waals surface area contributed by atoms with E-state index < -0.39 is 0 Å². The molecule has 1 amide bonds. The van der Waals surface area contributed by atoms with Gasteiger partial charge < -0.3 is 5.32 Å². The zero-order valence-electron chi connectivity index (χ0n) is 10.1. The molecule has 4 heteroatoms. The monoisotopic (exact) mass is 226 g/mol. The van der Waals surface area contributed by atoms with Gasteiger partial charge in [-0.2, -0.15) is 0 Å². The van der Waals surface area contributed by atoms with Gasteiger partial charge in [0.25, 0.3) is 0 Å². The average molecular weight is 226 g/mol. The van der Waals surface area contributed by atoms with Crippen LogP contribution in [0, 0.1) is 0 Å². The largest absolute Gasteiger partial charge is 0.356 e. The molecule has 1 fully saturated rings. The van der Waals surface area contributed by atoms with Crippen molar-refractivity contribution in [2.75, 3.05) is 26.7 Å². The molecule has 0 unspecified atom stereocenters. The van der Waals surface area contributed by atoms with Gasteiger partial charge in [-0.05, 0) is 39.3 Å². The fraction of sp³-hybridized carbons (Fsp3) is 0.833. The number of nitrogens with one attached hydrogen (secondary N) is 1. The van der Waals surface area contributed by atoms with E-state index in [0.29, 0.717) is 31.7 Å².